The third-order valence-corrected chi connectivity index (χ3v) is 4.46. The van der Waals surface area contributed by atoms with Gasteiger partial charge in [-0.25, -0.2) is 9.37 Å². The van der Waals surface area contributed by atoms with E-state index in [2.05, 4.69) is 15.0 Å². The lowest BCUT2D eigenvalue weighted by molar-refractivity contribution is 0.0914. The van der Waals surface area contributed by atoms with Gasteiger partial charge in [0, 0.05) is 13.2 Å². The lowest BCUT2D eigenvalue weighted by atomic mass is 10.2. The SMILES string of the molecule is Fc1c(Cl)nc2c3c(nc(Cl)nc13)N1CCCCOC[C@@H]1CO2. The van der Waals surface area contributed by atoms with E-state index in [-0.39, 0.29) is 27.9 Å². The third kappa shape index (κ3) is 2.56. The molecular formula is C14H13Cl2FN4O2. The highest BCUT2D eigenvalue weighted by atomic mass is 35.5. The number of rotatable bonds is 0. The lowest BCUT2D eigenvalue weighted by Crippen LogP contribution is -2.44. The first-order valence-corrected chi connectivity index (χ1v) is 8.10. The summed E-state index contributed by atoms with van der Waals surface area (Å²) in [6.45, 7) is 2.31. The molecule has 0 radical (unpaired) electrons. The number of nitrogens with zero attached hydrogens (tertiary/aromatic N) is 4. The van der Waals surface area contributed by atoms with Crippen molar-refractivity contribution in [3.8, 4) is 5.88 Å². The molecular weight excluding hydrogens is 346 g/mol. The van der Waals surface area contributed by atoms with Crippen molar-refractivity contribution < 1.29 is 13.9 Å². The van der Waals surface area contributed by atoms with Crippen LogP contribution in [-0.2, 0) is 4.74 Å². The molecule has 1 fully saturated rings. The molecule has 2 aromatic rings. The summed E-state index contributed by atoms with van der Waals surface area (Å²) in [5, 5.41) is 0.0707. The fourth-order valence-corrected chi connectivity index (χ4v) is 3.28. The highest BCUT2D eigenvalue weighted by Gasteiger charge is 2.32. The van der Waals surface area contributed by atoms with Crippen LogP contribution in [0.3, 0.4) is 0 Å². The summed E-state index contributed by atoms with van der Waals surface area (Å²) < 4.78 is 25.8. The average Bonchev–Trinajstić information content (AvgIpc) is 2.62. The van der Waals surface area contributed by atoms with Gasteiger partial charge >= 0.3 is 0 Å². The van der Waals surface area contributed by atoms with E-state index < -0.39 is 5.82 Å². The summed E-state index contributed by atoms with van der Waals surface area (Å²) in [6, 6.07) is -0.0551. The molecule has 2 aliphatic heterocycles. The number of ether oxygens (including phenoxy) is 2. The quantitative estimate of drug-likeness (QED) is 0.533. The Balaban J connectivity index is 1.97. The summed E-state index contributed by atoms with van der Waals surface area (Å²) in [4.78, 5) is 14.3. The maximum Gasteiger partial charge on any atom is 0.228 e. The number of hydrogen-bond acceptors (Lipinski definition) is 6. The number of hydrogen-bond donors (Lipinski definition) is 0. The van der Waals surface area contributed by atoms with Crippen LogP contribution >= 0.6 is 23.2 Å². The molecule has 1 saturated heterocycles. The average molecular weight is 359 g/mol. The van der Waals surface area contributed by atoms with Crippen molar-refractivity contribution in [2.75, 3.05) is 31.3 Å². The molecule has 6 nitrogen and oxygen atoms in total. The van der Waals surface area contributed by atoms with Crippen LogP contribution in [0.1, 0.15) is 12.8 Å². The molecule has 0 saturated carbocycles. The van der Waals surface area contributed by atoms with E-state index in [4.69, 9.17) is 32.7 Å². The summed E-state index contributed by atoms with van der Waals surface area (Å²) in [7, 11) is 0. The highest BCUT2D eigenvalue weighted by molar-refractivity contribution is 6.31. The van der Waals surface area contributed by atoms with Crippen LogP contribution < -0.4 is 9.64 Å². The molecule has 0 aliphatic carbocycles. The monoisotopic (exact) mass is 358 g/mol. The molecule has 2 aliphatic rings. The van der Waals surface area contributed by atoms with Gasteiger partial charge in [0.05, 0.1) is 12.6 Å². The molecule has 1 atom stereocenters. The predicted octanol–water partition coefficient (Wildman–Crippen LogP) is 2.85. The summed E-state index contributed by atoms with van der Waals surface area (Å²) >= 11 is 11.9. The van der Waals surface area contributed by atoms with Gasteiger partial charge in [0.15, 0.2) is 11.0 Å². The second kappa shape index (κ2) is 5.89. The Bertz CT molecular complexity index is 776. The van der Waals surface area contributed by atoms with Crippen molar-refractivity contribution in [3.05, 3.63) is 16.3 Å². The second-order valence-electron chi connectivity index (χ2n) is 5.50. The maximum absolute atomic E-state index is 14.4. The zero-order chi connectivity index (χ0) is 16.0. The van der Waals surface area contributed by atoms with Crippen molar-refractivity contribution in [1.82, 2.24) is 15.0 Å². The Morgan fingerprint density at radius 2 is 2.00 bits per heavy atom. The van der Waals surface area contributed by atoms with E-state index >= 15 is 0 Å². The van der Waals surface area contributed by atoms with Crippen molar-refractivity contribution in [3.63, 3.8) is 0 Å². The standard InChI is InChI=1S/C14H13Cl2FN4O2/c15-11-9(17)10-8-12(20-14(16)18-10)21-3-1-2-4-22-5-7(21)6-23-13(8)19-11/h7H,1-6H2/t7-/m1/s1. The van der Waals surface area contributed by atoms with Crippen molar-refractivity contribution in [2.45, 2.75) is 18.9 Å². The summed E-state index contributed by atoms with van der Waals surface area (Å²) in [5.74, 6) is 0.0252. The molecule has 4 heterocycles. The van der Waals surface area contributed by atoms with Crippen LogP contribution in [0.25, 0.3) is 10.9 Å². The fraction of sp³-hybridized carbons (Fsp3) is 0.500. The molecule has 0 bridgehead atoms. The minimum absolute atomic E-state index is 0.0265. The summed E-state index contributed by atoms with van der Waals surface area (Å²) in [6.07, 6.45) is 1.88. The number of pyridine rings is 1. The van der Waals surface area contributed by atoms with Gasteiger partial charge in [-0.05, 0) is 24.4 Å². The minimum Gasteiger partial charge on any atom is -0.475 e. The fourth-order valence-electron chi connectivity index (χ4n) is 2.95. The van der Waals surface area contributed by atoms with Gasteiger partial charge in [-0.15, -0.1) is 0 Å². The van der Waals surface area contributed by atoms with Gasteiger partial charge in [-0.2, -0.15) is 9.97 Å². The molecule has 2 aromatic heterocycles. The molecule has 0 spiro atoms. The van der Waals surface area contributed by atoms with E-state index in [1.54, 1.807) is 0 Å². The third-order valence-electron chi connectivity index (χ3n) is 4.04. The largest absolute Gasteiger partial charge is 0.475 e. The molecule has 0 amide bonds. The number of fused-ring (bicyclic) bond motifs is 2. The molecule has 0 N–H and O–H groups in total. The molecule has 4 rings (SSSR count). The zero-order valence-electron chi connectivity index (χ0n) is 12.1. The topological polar surface area (TPSA) is 60.4 Å². The smallest absolute Gasteiger partial charge is 0.228 e. The Labute approximate surface area is 141 Å². The number of halogens is 3. The van der Waals surface area contributed by atoms with E-state index in [9.17, 15) is 4.39 Å². The van der Waals surface area contributed by atoms with Gasteiger partial charge in [0.1, 0.15) is 23.3 Å². The van der Waals surface area contributed by atoms with Gasteiger partial charge in [0.2, 0.25) is 11.2 Å². The molecule has 0 unspecified atom stereocenters. The minimum atomic E-state index is -0.721. The van der Waals surface area contributed by atoms with Crippen molar-refractivity contribution >= 4 is 39.9 Å². The van der Waals surface area contributed by atoms with Crippen LogP contribution in [0.4, 0.5) is 10.2 Å². The first-order chi connectivity index (χ1) is 11.1. The van der Waals surface area contributed by atoms with Crippen LogP contribution in [0.5, 0.6) is 5.88 Å². The predicted molar refractivity (Wildman–Crippen MR) is 84.0 cm³/mol. The Kier molecular flexibility index (Phi) is 3.87. The molecule has 9 heteroatoms. The first kappa shape index (κ1) is 15.1. The normalized spacial score (nSPS) is 21.2. The molecule has 0 aromatic carbocycles. The maximum atomic E-state index is 14.4. The van der Waals surface area contributed by atoms with Gasteiger partial charge in [-0.1, -0.05) is 11.6 Å². The Hall–Kier alpha value is -1.44. The summed E-state index contributed by atoms with van der Waals surface area (Å²) in [5.41, 5.74) is 0.0265. The van der Waals surface area contributed by atoms with Crippen LogP contribution in [0.15, 0.2) is 0 Å². The van der Waals surface area contributed by atoms with E-state index in [1.807, 2.05) is 4.90 Å². The van der Waals surface area contributed by atoms with Crippen molar-refractivity contribution in [1.29, 1.82) is 0 Å². The van der Waals surface area contributed by atoms with Gasteiger partial charge in [-0.3, -0.25) is 0 Å². The zero-order valence-corrected chi connectivity index (χ0v) is 13.6. The van der Waals surface area contributed by atoms with E-state index in [0.29, 0.717) is 24.4 Å². The molecule has 23 heavy (non-hydrogen) atoms. The first-order valence-electron chi connectivity index (χ1n) is 7.34. The molecule has 122 valence electrons. The van der Waals surface area contributed by atoms with Gasteiger partial charge < -0.3 is 14.4 Å². The van der Waals surface area contributed by atoms with Crippen LogP contribution in [-0.4, -0.2) is 47.4 Å². The van der Waals surface area contributed by atoms with Crippen LogP contribution in [0.2, 0.25) is 10.4 Å². The van der Waals surface area contributed by atoms with Crippen LogP contribution in [0, 0.1) is 5.82 Å². The Morgan fingerprint density at radius 3 is 2.87 bits per heavy atom. The number of aromatic nitrogens is 3. The van der Waals surface area contributed by atoms with Gasteiger partial charge in [0.25, 0.3) is 0 Å². The number of anilines is 1. The van der Waals surface area contributed by atoms with E-state index in [1.165, 1.54) is 0 Å². The second-order valence-corrected chi connectivity index (χ2v) is 6.20. The van der Waals surface area contributed by atoms with E-state index in [0.717, 1.165) is 26.0 Å². The lowest BCUT2D eigenvalue weighted by Gasteiger charge is -2.32. The van der Waals surface area contributed by atoms with Crippen molar-refractivity contribution in [2.24, 2.45) is 0 Å². The highest BCUT2D eigenvalue weighted by Crippen LogP contribution is 2.38. The Morgan fingerprint density at radius 1 is 1.13 bits per heavy atom.